The molecule has 0 amide bonds. The lowest BCUT2D eigenvalue weighted by molar-refractivity contribution is 0.234. The van der Waals surface area contributed by atoms with Gasteiger partial charge in [0.05, 0.1) is 18.5 Å². The normalized spacial score (nSPS) is 13.0. The molecule has 6 heteroatoms. The first-order valence-corrected chi connectivity index (χ1v) is 6.14. The molecule has 6 nitrogen and oxygen atoms in total. The van der Waals surface area contributed by atoms with Crippen LogP contribution in [0.25, 0.3) is 11.0 Å². The molecule has 2 aromatic heterocycles. The average Bonchev–Trinajstić information content (AvgIpc) is 2.79. The van der Waals surface area contributed by atoms with Gasteiger partial charge in [-0.15, -0.1) is 0 Å². The number of nitrogens with one attached hydrogen (secondary N) is 3. The molecular weight excluding hydrogens is 232 g/mol. The Morgan fingerprint density at radius 2 is 2.33 bits per heavy atom. The van der Waals surface area contributed by atoms with Crippen molar-refractivity contribution in [1.29, 1.82) is 0 Å². The maximum atomic E-state index is 11.5. The lowest BCUT2D eigenvalue weighted by Crippen LogP contribution is -2.31. The zero-order valence-electron chi connectivity index (χ0n) is 10.4. The second kappa shape index (κ2) is 5.79. The molecule has 2 heterocycles. The zero-order valence-corrected chi connectivity index (χ0v) is 10.4. The van der Waals surface area contributed by atoms with Crippen LogP contribution in [-0.4, -0.2) is 32.7 Å². The van der Waals surface area contributed by atoms with Gasteiger partial charge in [0.1, 0.15) is 5.52 Å². The third-order valence-corrected chi connectivity index (χ3v) is 2.99. The summed E-state index contributed by atoms with van der Waals surface area (Å²) in [7, 11) is 0. The van der Waals surface area contributed by atoms with E-state index in [1.807, 2.05) is 0 Å². The van der Waals surface area contributed by atoms with Crippen LogP contribution in [0, 0.1) is 0 Å². The molecular formula is C12H18N4O2. The van der Waals surface area contributed by atoms with E-state index in [9.17, 15) is 9.90 Å². The number of nitrogens with zero attached hydrogens (tertiary/aromatic N) is 1. The van der Waals surface area contributed by atoms with Crippen LogP contribution in [0.1, 0.15) is 25.3 Å². The molecule has 0 aliphatic carbocycles. The molecule has 2 rings (SSSR count). The van der Waals surface area contributed by atoms with Gasteiger partial charge in [-0.05, 0) is 6.42 Å². The highest BCUT2D eigenvalue weighted by molar-refractivity contribution is 5.77. The minimum absolute atomic E-state index is 0.0851. The summed E-state index contributed by atoms with van der Waals surface area (Å²) in [6, 6.07) is 0.0851. The molecule has 0 aliphatic heterocycles. The molecule has 0 fully saturated rings. The fourth-order valence-corrected chi connectivity index (χ4v) is 2.00. The lowest BCUT2D eigenvalue weighted by atomic mass is 10.1. The van der Waals surface area contributed by atoms with Gasteiger partial charge in [-0.2, -0.15) is 0 Å². The quantitative estimate of drug-likeness (QED) is 0.600. The molecule has 1 unspecified atom stereocenters. The van der Waals surface area contributed by atoms with Crippen LogP contribution in [-0.2, 0) is 6.54 Å². The smallest absolute Gasteiger partial charge is 0.275 e. The van der Waals surface area contributed by atoms with E-state index in [1.165, 1.54) is 6.33 Å². The van der Waals surface area contributed by atoms with Gasteiger partial charge < -0.3 is 20.4 Å². The first kappa shape index (κ1) is 12.8. The van der Waals surface area contributed by atoms with E-state index in [0.717, 1.165) is 18.4 Å². The molecule has 98 valence electrons. The minimum atomic E-state index is -0.168. The number of rotatable bonds is 6. The van der Waals surface area contributed by atoms with Gasteiger partial charge in [0.15, 0.2) is 0 Å². The molecule has 0 saturated carbocycles. The summed E-state index contributed by atoms with van der Waals surface area (Å²) in [5, 5.41) is 12.5. The first-order valence-electron chi connectivity index (χ1n) is 6.14. The maximum Gasteiger partial charge on any atom is 0.275 e. The first-order chi connectivity index (χ1) is 8.76. The van der Waals surface area contributed by atoms with E-state index in [1.54, 1.807) is 6.20 Å². The Morgan fingerprint density at radius 3 is 3.06 bits per heavy atom. The van der Waals surface area contributed by atoms with E-state index in [4.69, 9.17) is 0 Å². The third-order valence-electron chi connectivity index (χ3n) is 2.99. The van der Waals surface area contributed by atoms with E-state index in [2.05, 4.69) is 27.2 Å². The van der Waals surface area contributed by atoms with Crippen LogP contribution in [0.5, 0.6) is 0 Å². The Morgan fingerprint density at radius 1 is 1.50 bits per heavy atom. The summed E-state index contributed by atoms with van der Waals surface area (Å²) in [6.07, 6.45) is 5.12. The van der Waals surface area contributed by atoms with Gasteiger partial charge >= 0.3 is 0 Å². The van der Waals surface area contributed by atoms with Crippen molar-refractivity contribution >= 4 is 11.0 Å². The highest BCUT2D eigenvalue weighted by Gasteiger charge is 2.10. The van der Waals surface area contributed by atoms with E-state index in [-0.39, 0.29) is 18.2 Å². The molecule has 0 radical (unpaired) electrons. The van der Waals surface area contributed by atoms with E-state index < -0.39 is 0 Å². The number of fused-ring (bicyclic) bond motifs is 1. The highest BCUT2D eigenvalue weighted by Crippen LogP contribution is 2.11. The molecule has 18 heavy (non-hydrogen) atoms. The predicted molar refractivity (Wildman–Crippen MR) is 69.3 cm³/mol. The Labute approximate surface area is 104 Å². The van der Waals surface area contributed by atoms with Crippen molar-refractivity contribution in [2.75, 3.05) is 6.61 Å². The standard InChI is InChI=1S/C12H18N4O2/c1-2-3-9(6-17)13-4-8-5-14-11-10(8)15-7-16-12(11)18/h5,7,9,13-14,17H,2-4,6H2,1H3,(H,15,16,18). The van der Waals surface area contributed by atoms with Gasteiger partial charge in [0.25, 0.3) is 5.56 Å². The number of aliphatic hydroxyl groups is 1. The monoisotopic (exact) mass is 250 g/mol. The molecule has 0 bridgehead atoms. The van der Waals surface area contributed by atoms with Crippen molar-refractivity contribution in [3.8, 4) is 0 Å². The number of H-pyrrole nitrogens is 2. The number of aromatic amines is 2. The summed E-state index contributed by atoms with van der Waals surface area (Å²) < 4.78 is 0. The molecule has 1 atom stereocenters. The van der Waals surface area contributed by atoms with Crippen LogP contribution >= 0.6 is 0 Å². The van der Waals surface area contributed by atoms with Crippen molar-refractivity contribution in [3.05, 3.63) is 28.4 Å². The number of hydrogen-bond donors (Lipinski definition) is 4. The largest absolute Gasteiger partial charge is 0.395 e. The van der Waals surface area contributed by atoms with Crippen LogP contribution in [0.3, 0.4) is 0 Å². The topological polar surface area (TPSA) is 93.8 Å². The molecule has 2 aromatic rings. The van der Waals surface area contributed by atoms with Gasteiger partial charge in [-0.25, -0.2) is 4.98 Å². The molecule has 0 aromatic carbocycles. The average molecular weight is 250 g/mol. The molecule has 0 saturated heterocycles. The second-order valence-electron chi connectivity index (χ2n) is 4.32. The Balaban J connectivity index is 2.12. The van der Waals surface area contributed by atoms with Crippen molar-refractivity contribution in [1.82, 2.24) is 20.3 Å². The van der Waals surface area contributed by atoms with Crippen LogP contribution in [0.2, 0.25) is 0 Å². The fourth-order valence-electron chi connectivity index (χ4n) is 2.00. The SMILES string of the molecule is CCCC(CO)NCc1c[nH]c2c(=O)[nH]cnc12. The maximum absolute atomic E-state index is 11.5. The Bertz CT molecular complexity index is 560. The van der Waals surface area contributed by atoms with Crippen LogP contribution in [0.4, 0.5) is 0 Å². The van der Waals surface area contributed by atoms with Crippen molar-refractivity contribution in [3.63, 3.8) is 0 Å². The van der Waals surface area contributed by atoms with Gasteiger partial charge in [0, 0.05) is 24.3 Å². The summed E-state index contributed by atoms with van der Waals surface area (Å²) >= 11 is 0. The van der Waals surface area contributed by atoms with Crippen molar-refractivity contribution < 1.29 is 5.11 Å². The van der Waals surface area contributed by atoms with E-state index >= 15 is 0 Å². The van der Waals surface area contributed by atoms with E-state index in [0.29, 0.717) is 17.6 Å². The summed E-state index contributed by atoms with van der Waals surface area (Å²) in [5.74, 6) is 0. The van der Waals surface area contributed by atoms with Crippen LogP contribution < -0.4 is 10.9 Å². The summed E-state index contributed by atoms with van der Waals surface area (Å²) in [5.41, 5.74) is 1.94. The van der Waals surface area contributed by atoms with Gasteiger partial charge in [-0.3, -0.25) is 4.79 Å². The lowest BCUT2D eigenvalue weighted by Gasteiger charge is -2.14. The molecule has 4 N–H and O–H groups in total. The fraction of sp³-hybridized carbons (Fsp3) is 0.500. The number of aromatic nitrogens is 3. The minimum Gasteiger partial charge on any atom is -0.395 e. The Hall–Kier alpha value is -1.66. The highest BCUT2D eigenvalue weighted by atomic mass is 16.3. The number of aliphatic hydroxyl groups excluding tert-OH is 1. The Kier molecular flexibility index (Phi) is 4.11. The summed E-state index contributed by atoms with van der Waals surface area (Å²) in [4.78, 5) is 21.1. The second-order valence-corrected chi connectivity index (χ2v) is 4.32. The van der Waals surface area contributed by atoms with Crippen LogP contribution in [0.15, 0.2) is 17.3 Å². The number of hydrogen-bond acceptors (Lipinski definition) is 4. The molecule has 0 spiro atoms. The van der Waals surface area contributed by atoms with Gasteiger partial charge in [-0.1, -0.05) is 13.3 Å². The summed E-state index contributed by atoms with van der Waals surface area (Å²) in [6.45, 7) is 2.78. The molecule has 0 aliphatic rings. The zero-order chi connectivity index (χ0) is 13.0. The predicted octanol–water partition coefficient (Wildman–Crippen LogP) is 0.502. The van der Waals surface area contributed by atoms with Crippen molar-refractivity contribution in [2.24, 2.45) is 0 Å². The van der Waals surface area contributed by atoms with Gasteiger partial charge in [0.2, 0.25) is 0 Å². The van der Waals surface area contributed by atoms with Crippen molar-refractivity contribution in [2.45, 2.75) is 32.4 Å². The third kappa shape index (κ3) is 2.60.